The Labute approximate surface area is 208 Å². The molecule has 36 heavy (non-hydrogen) atoms. The molecule has 1 N–H and O–H groups in total. The maximum atomic E-state index is 13.4. The van der Waals surface area contributed by atoms with Gasteiger partial charge in [-0.05, 0) is 29.8 Å². The number of para-hydroxylation sites is 1. The van der Waals surface area contributed by atoms with Gasteiger partial charge >= 0.3 is 5.97 Å². The summed E-state index contributed by atoms with van der Waals surface area (Å²) in [6, 6.07) is 26.3. The minimum Gasteiger partial charge on any atom is -0.452 e. The molecule has 1 aliphatic heterocycles. The molecule has 3 aromatic carbocycles. The minimum atomic E-state index is -0.549. The van der Waals surface area contributed by atoms with Crippen LogP contribution in [0.15, 0.2) is 78.9 Å². The van der Waals surface area contributed by atoms with Gasteiger partial charge < -0.3 is 10.1 Å². The number of nitrogens with zero attached hydrogens (tertiary/aromatic N) is 3. The Morgan fingerprint density at radius 1 is 1.03 bits per heavy atom. The van der Waals surface area contributed by atoms with Crippen molar-refractivity contribution in [2.24, 2.45) is 0 Å². The van der Waals surface area contributed by atoms with Crippen molar-refractivity contribution in [1.29, 1.82) is 5.26 Å². The number of hydrogen-bond donors (Lipinski definition) is 1. The van der Waals surface area contributed by atoms with Crippen LogP contribution in [0.5, 0.6) is 0 Å². The molecule has 0 radical (unpaired) electrons. The van der Waals surface area contributed by atoms with Crippen LogP contribution in [0.3, 0.4) is 0 Å². The summed E-state index contributed by atoms with van der Waals surface area (Å²) in [5.74, 6) is -1.02. The summed E-state index contributed by atoms with van der Waals surface area (Å²) in [5, 5.41) is 12.4. The van der Waals surface area contributed by atoms with Gasteiger partial charge in [0.25, 0.3) is 5.91 Å². The Balaban J connectivity index is 1.37. The van der Waals surface area contributed by atoms with E-state index in [4.69, 9.17) is 15.0 Å². The van der Waals surface area contributed by atoms with E-state index in [9.17, 15) is 9.59 Å². The molecule has 7 nitrogen and oxygen atoms in total. The van der Waals surface area contributed by atoms with Gasteiger partial charge in [0.15, 0.2) is 6.61 Å². The molecule has 0 fully saturated rings. The third-order valence-corrected chi connectivity index (χ3v) is 6.19. The average molecular weight is 477 g/mol. The second kappa shape index (κ2) is 10.4. The van der Waals surface area contributed by atoms with Crippen LogP contribution in [0, 0.1) is 11.3 Å². The first-order chi connectivity index (χ1) is 17.6. The first kappa shape index (κ1) is 23.2. The summed E-state index contributed by atoms with van der Waals surface area (Å²) in [5.41, 5.74) is 5.05. The SMILES string of the molecule is N#Cc1cccc(NC(=O)COC(=O)c2c3c(nc4ccccc24)CCN(Cc2ccccc2)C3)c1. The third kappa shape index (κ3) is 5.09. The summed E-state index contributed by atoms with van der Waals surface area (Å²) in [6.07, 6.45) is 0.725. The number of ether oxygens (including phenoxy) is 1. The fraction of sp³-hybridized carbons (Fsp3) is 0.172. The molecule has 4 aromatic rings. The molecule has 2 heterocycles. The number of aromatic nitrogens is 1. The molecule has 0 spiro atoms. The molecule has 0 saturated carbocycles. The smallest absolute Gasteiger partial charge is 0.339 e. The van der Waals surface area contributed by atoms with Crippen molar-refractivity contribution in [3.8, 4) is 6.07 Å². The number of pyridine rings is 1. The molecular formula is C29H24N4O3. The Morgan fingerprint density at radius 2 is 1.83 bits per heavy atom. The highest BCUT2D eigenvalue weighted by atomic mass is 16.5. The molecule has 0 atom stereocenters. The van der Waals surface area contributed by atoms with E-state index in [0.29, 0.717) is 28.7 Å². The van der Waals surface area contributed by atoms with E-state index >= 15 is 0 Å². The number of carbonyl (C=O) groups excluding carboxylic acids is 2. The zero-order valence-corrected chi connectivity index (χ0v) is 19.6. The summed E-state index contributed by atoms with van der Waals surface area (Å²) < 4.78 is 5.48. The highest BCUT2D eigenvalue weighted by Crippen LogP contribution is 2.29. The highest BCUT2D eigenvalue weighted by molar-refractivity contribution is 6.06. The molecule has 0 saturated heterocycles. The van der Waals surface area contributed by atoms with Crippen molar-refractivity contribution < 1.29 is 14.3 Å². The fourth-order valence-corrected chi connectivity index (χ4v) is 4.52. The van der Waals surface area contributed by atoms with Crippen LogP contribution in [-0.4, -0.2) is 34.9 Å². The Hall–Kier alpha value is -4.54. The monoisotopic (exact) mass is 476 g/mol. The molecule has 0 unspecified atom stereocenters. The molecule has 0 aliphatic carbocycles. The maximum Gasteiger partial charge on any atom is 0.339 e. The third-order valence-electron chi connectivity index (χ3n) is 6.19. The van der Waals surface area contributed by atoms with Crippen molar-refractivity contribution in [2.75, 3.05) is 18.5 Å². The quantitative estimate of drug-likeness (QED) is 0.413. The van der Waals surface area contributed by atoms with Gasteiger partial charge in [0.05, 0.1) is 22.7 Å². The van der Waals surface area contributed by atoms with Gasteiger partial charge in [0.1, 0.15) is 0 Å². The molecule has 1 aliphatic rings. The molecule has 5 rings (SSSR count). The number of esters is 1. The zero-order valence-electron chi connectivity index (χ0n) is 19.6. The lowest BCUT2D eigenvalue weighted by Gasteiger charge is -2.30. The van der Waals surface area contributed by atoms with Gasteiger partial charge in [-0.15, -0.1) is 0 Å². The van der Waals surface area contributed by atoms with Crippen LogP contribution in [0.1, 0.15) is 32.7 Å². The largest absolute Gasteiger partial charge is 0.452 e. The van der Waals surface area contributed by atoms with E-state index in [1.54, 1.807) is 24.3 Å². The standard InChI is InChI=1S/C29H24N4O3/c30-16-21-9-6-10-22(15-21)31-27(34)19-36-29(35)28-23-11-4-5-12-25(23)32-26-13-14-33(18-24(26)28)17-20-7-2-1-3-8-20/h1-12,15H,13-14,17-19H2,(H,31,34). The van der Waals surface area contributed by atoms with Crippen LogP contribution in [0.25, 0.3) is 10.9 Å². The lowest BCUT2D eigenvalue weighted by atomic mass is 9.95. The number of carbonyl (C=O) groups is 2. The number of anilines is 1. The number of benzene rings is 3. The van der Waals surface area contributed by atoms with E-state index in [-0.39, 0.29) is 0 Å². The lowest BCUT2D eigenvalue weighted by molar-refractivity contribution is -0.119. The number of amides is 1. The average Bonchev–Trinajstić information content (AvgIpc) is 2.91. The molecule has 0 bridgehead atoms. The van der Waals surface area contributed by atoms with E-state index in [0.717, 1.165) is 36.3 Å². The van der Waals surface area contributed by atoms with Crippen LogP contribution in [0.2, 0.25) is 0 Å². The number of rotatable bonds is 6. The second-order valence-corrected chi connectivity index (χ2v) is 8.69. The molecule has 7 heteroatoms. The van der Waals surface area contributed by atoms with E-state index in [1.807, 2.05) is 48.5 Å². The number of hydrogen-bond acceptors (Lipinski definition) is 6. The summed E-state index contributed by atoms with van der Waals surface area (Å²) in [6.45, 7) is 1.74. The topological polar surface area (TPSA) is 95.3 Å². The van der Waals surface area contributed by atoms with Gasteiger partial charge in [-0.3, -0.25) is 14.7 Å². The predicted molar refractivity (Wildman–Crippen MR) is 136 cm³/mol. The first-order valence-corrected chi connectivity index (χ1v) is 11.7. The van der Waals surface area contributed by atoms with Gasteiger partial charge in [-0.1, -0.05) is 54.6 Å². The Kier molecular flexibility index (Phi) is 6.69. The van der Waals surface area contributed by atoms with Crippen molar-refractivity contribution in [2.45, 2.75) is 19.5 Å². The number of nitriles is 1. The van der Waals surface area contributed by atoms with Gasteiger partial charge in [0, 0.05) is 48.4 Å². The lowest BCUT2D eigenvalue weighted by Crippen LogP contribution is -2.32. The molecule has 1 aromatic heterocycles. The summed E-state index contributed by atoms with van der Waals surface area (Å²) in [7, 11) is 0. The van der Waals surface area contributed by atoms with Crippen LogP contribution >= 0.6 is 0 Å². The van der Waals surface area contributed by atoms with Crippen LogP contribution < -0.4 is 5.32 Å². The zero-order chi connectivity index (χ0) is 24.9. The molecular weight excluding hydrogens is 452 g/mol. The van der Waals surface area contributed by atoms with E-state index < -0.39 is 18.5 Å². The minimum absolute atomic E-state index is 0.430. The Bertz CT molecular complexity index is 1480. The number of fused-ring (bicyclic) bond motifs is 2. The highest BCUT2D eigenvalue weighted by Gasteiger charge is 2.27. The second-order valence-electron chi connectivity index (χ2n) is 8.69. The van der Waals surface area contributed by atoms with Gasteiger partial charge in [0.2, 0.25) is 0 Å². The maximum absolute atomic E-state index is 13.4. The van der Waals surface area contributed by atoms with E-state index in [1.165, 1.54) is 5.56 Å². The van der Waals surface area contributed by atoms with Crippen molar-refractivity contribution >= 4 is 28.5 Å². The summed E-state index contributed by atoms with van der Waals surface area (Å²) >= 11 is 0. The van der Waals surface area contributed by atoms with Gasteiger partial charge in [-0.25, -0.2) is 4.79 Å². The normalized spacial score (nSPS) is 13.0. The van der Waals surface area contributed by atoms with Crippen molar-refractivity contribution in [3.05, 3.63) is 107 Å². The van der Waals surface area contributed by atoms with Gasteiger partial charge in [-0.2, -0.15) is 5.26 Å². The predicted octanol–water partition coefficient (Wildman–Crippen LogP) is 4.46. The fourth-order valence-electron chi connectivity index (χ4n) is 4.52. The number of nitrogens with one attached hydrogen (secondary N) is 1. The van der Waals surface area contributed by atoms with Crippen molar-refractivity contribution in [3.63, 3.8) is 0 Å². The Morgan fingerprint density at radius 3 is 2.67 bits per heavy atom. The summed E-state index contributed by atoms with van der Waals surface area (Å²) in [4.78, 5) is 32.9. The van der Waals surface area contributed by atoms with Crippen molar-refractivity contribution in [1.82, 2.24) is 9.88 Å². The molecule has 1 amide bonds. The molecule has 178 valence electrons. The van der Waals surface area contributed by atoms with Crippen LogP contribution in [-0.2, 0) is 29.0 Å². The first-order valence-electron chi connectivity index (χ1n) is 11.7. The van der Waals surface area contributed by atoms with E-state index in [2.05, 4.69) is 22.3 Å². The van der Waals surface area contributed by atoms with Crippen LogP contribution in [0.4, 0.5) is 5.69 Å².